The van der Waals surface area contributed by atoms with E-state index in [1.807, 2.05) is 12.1 Å². The van der Waals surface area contributed by atoms with Crippen molar-refractivity contribution in [1.29, 1.82) is 0 Å². The minimum atomic E-state index is -1.22. The number of benzene rings is 1. The molecule has 1 aromatic heterocycles. The van der Waals surface area contributed by atoms with Crippen molar-refractivity contribution in [2.45, 2.75) is 10.6 Å². The van der Waals surface area contributed by atoms with Crippen LogP contribution in [0.25, 0.3) is 0 Å². The van der Waals surface area contributed by atoms with Crippen molar-refractivity contribution in [3.8, 4) is 0 Å². The van der Waals surface area contributed by atoms with E-state index in [1.165, 1.54) is 0 Å². The van der Waals surface area contributed by atoms with Gasteiger partial charge in [0, 0.05) is 21.4 Å². The summed E-state index contributed by atoms with van der Waals surface area (Å²) in [6.07, 6.45) is 1.68. The average Bonchev–Trinajstić information content (AvgIpc) is 2.32. The number of halogens is 2. The third kappa shape index (κ3) is 3.31. The molecule has 0 amide bonds. The minimum absolute atomic E-state index is 0.332. The maximum absolute atomic E-state index is 12.2. The fraction of sp³-hybridized carbons (Fsp3) is 0.0833. The van der Waals surface area contributed by atoms with Crippen LogP contribution in [0, 0.1) is 0 Å². The van der Waals surface area contributed by atoms with E-state index in [4.69, 9.17) is 17.3 Å². The predicted molar refractivity (Wildman–Crippen MR) is 77.9 cm³/mol. The standard InChI is InChI=1S/C12H10BrClN2OS/c13-8-1-3-10(16-6-8)7-18(17)12-4-2-9(14)5-11(12)15/h1-6H,7,15H2. The number of hydrogen-bond donors (Lipinski definition) is 1. The first-order valence-electron chi connectivity index (χ1n) is 5.10. The van der Waals surface area contributed by atoms with Crippen molar-refractivity contribution in [3.05, 3.63) is 51.7 Å². The van der Waals surface area contributed by atoms with Crippen molar-refractivity contribution in [2.24, 2.45) is 0 Å². The highest BCUT2D eigenvalue weighted by molar-refractivity contribution is 9.10. The van der Waals surface area contributed by atoms with E-state index in [0.29, 0.717) is 21.4 Å². The molecule has 18 heavy (non-hydrogen) atoms. The van der Waals surface area contributed by atoms with Crippen molar-refractivity contribution < 1.29 is 4.21 Å². The van der Waals surface area contributed by atoms with Gasteiger partial charge in [-0.1, -0.05) is 11.6 Å². The highest BCUT2D eigenvalue weighted by Crippen LogP contribution is 2.22. The van der Waals surface area contributed by atoms with E-state index in [9.17, 15) is 4.21 Å². The molecule has 0 saturated heterocycles. The van der Waals surface area contributed by atoms with Gasteiger partial charge in [-0.2, -0.15) is 0 Å². The zero-order chi connectivity index (χ0) is 13.1. The van der Waals surface area contributed by atoms with E-state index in [1.54, 1.807) is 24.4 Å². The van der Waals surface area contributed by atoms with Gasteiger partial charge < -0.3 is 5.73 Å². The number of nitrogens with zero attached hydrogens (tertiary/aromatic N) is 1. The van der Waals surface area contributed by atoms with Gasteiger partial charge in [0.2, 0.25) is 0 Å². The molecule has 0 saturated carbocycles. The Bertz CT molecular complexity index is 589. The number of rotatable bonds is 3. The third-order valence-corrected chi connectivity index (χ3v) is 4.41. The van der Waals surface area contributed by atoms with Crippen LogP contribution in [0.3, 0.4) is 0 Å². The first kappa shape index (κ1) is 13.5. The van der Waals surface area contributed by atoms with Crippen LogP contribution in [0.5, 0.6) is 0 Å². The van der Waals surface area contributed by atoms with Gasteiger partial charge in [0.1, 0.15) is 0 Å². The molecule has 1 atom stereocenters. The predicted octanol–water partition coefficient (Wildman–Crippen LogP) is 3.39. The summed E-state index contributed by atoms with van der Waals surface area (Å²) in [4.78, 5) is 4.77. The molecule has 0 aliphatic rings. The molecule has 2 aromatic rings. The SMILES string of the molecule is Nc1cc(Cl)ccc1S(=O)Cc1ccc(Br)cn1. The smallest absolute Gasteiger partial charge is 0.0706 e. The van der Waals surface area contributed by atoms with E-state index in [0.717, 1.165) is 10.2 Å². The van der Waals surface area contributed by atoms with Gasteiger partial charge in [-0.25, -0.2) is 0 Å². The van der Waals surface area contributed by atoms with Crippen molar-refractivity contribution >= 4 is 44.0 Å². The Hall–Kier alpha value is -0.910. The van der Waals surface area contributed by atoms with Gasteiger partial charge in [0.15, 0.2) is 0 Å². The van der Waals surface area contributed by atoms with Crippen LogP contribution in [-0.4, -0.2) is 9.19 Å². The maximum atomic E-state index is 12.2. The fourth-order valence-corrected chi connectivity index (χ4v) is 2.98. The lowest BCUT2D eigenvalue weighted by Gasteiger charge is -2.06. The maximum Gasteiger partial charge on any atom is 0.0706 e. The number of nitrogen functional groups attached to an aromatic ring is 1. The molecule has 0 spiro atoms. The van der Waals surface area contributed by atoms with Crippen LogP contribution in [0.1, 0.15) is 5.69 Å². The molecule has 3 nitrogen and oxygen atoms in total. The van der Waals surface area contributed by atoms with Crippen LogP contribution in [-0.2, 0) is 16.6 Å². The van der Waals surface area contributed by atoms with E-state index in [-0.39, 0.29) is 0 Å². The first-order valence-corrected chi connectivity index (χ1v) is 7.59. The number of hydrogen-bond acceptors (Lipinski definition) is 3. The molecule has 0 aliphatic carbocycles. The molecular formula is C12H10BrClN2OS. The van der Waals surface area contributed by atoms with Gasteiger partial charge in [0.25, 0.3) is 0 Å². The van der Waals surface area contributed by atoms with Crippen molar-refractivity contribution in [1.82, 2.24) is 4.98 Å². The summed E-state index contributed by atoms with van der Waals surface area (Å²) in [5.74, 6) is 0.332. The van der Waals surface area contributed by atoms with E-state index < -0.39 is 10.8 Å². The molecule has 1 heterocycles. The molecule has 6 heteroatoms. The lowest BCUT2D eigenvalue weighted by Crippen LogP contribution is -2.02. The molecule has 0 aliphatic heterocycles. The lowest BCUT2D eigenvalue weighted by molar-refractivity contribution is 0.682. The summed E-state index contributed by atoms with van der Waals surface area (Å²) in [5.41, 5.74) is 6.99. The summed E-state index contributed by atoms with van der Waals surface area (Å²) >= 11 is 9.11. The first-order chi connectivity index (χ1) is 8.56. The summed E-state index contributed by atoms with van der Waals surface area (Å²) < 4.78 is 13.1. The number of nitrogens with two attached hydrogens (primary N) is 1. The summed E-state index contributed by atoms with van der Waals surface area (Å²) in [6.45, 7) is 0. The second kappa shape index (κ2) is 5.82. The van der Waals surface area contributed by atoms with Gasteiger partial charge >= 0.3 is 0 Å². The van der Waals surface area contributed by atoms with Crippen LogP contribution in [0.4, 0.5) is 5.69 Å². The molecule has 0 fully saturated rings. The van der Waals surface area contributed by atoms with Crippen molar-refractivity contribution in [3.63, 3.8) is 0 Å². The Kier molecular flexibility index (Phi) is 4.37. The Morgan fingerprint density at radius 2 is 2.11 bits per heavy atom. The zero-order valence-corrected chi connectivity index (χ0v) is 12.4. The van der Waals surface area contributed by atoms with Gasteiger partial charge in [-0.3, -0.25) is 9.19 Å². The molecule has 0 bridgehead atoms. The molecular weight excluding hydrogens is 336 g/mol. The molecule has 0 radical (unpaired) electrons. The monoisotopic (exact) mass is 344 g/mol. The fourth-order valence-electron chi connectivity index (χ4n) is 1.43. The molecule has 2 rings (SSSR count). The quantitative estimate of drug-likeness (QED) is 0.868. The zero-order valence-electron chi connectivity index (χ0n) is 9.27. The lowest BCUT2D eigenvalue weighted by atomic mass is 10.3. The van der Waals surface area contributed by atoms with Crippen LogP contribution in [0.15, 0.2) is 45.9 Å². The van der Waals surface area contributed by atoms with Gasteiger partial charge in [0.05, 0.1) is 27.1 Å². The average molecular weight is 346 g/mol. The number of pyridine rings is 1. The van der Waals surface area contributed by atoms with Crippen LogP contribution in [0.2, 0.25) is 5.02 Å². The number of aromatic nitrogens is 1. The van der Waals surface area contributed by atoms with Crippen LogP contribution >= 0.6 is 27.5 Å². The topological polar surface area (TPSA) is 56.0 Å². The number of anilines is 1. The summed E-state index contributed by atoms with van der Waals surface area (Å²) in [7, 11) is -1.22. The van der Waals surface area contributed by atoms with Crippen LogP contribution < -0.4 is 5.73 Å². The van der Waals surface area contributed by atoms with E-state index >= 15 is 0 Å². The minimum Gasteiger partial charge on any atom is -0.398 e. The summed E-state index contributed by atoms with van der Waals surface area (Å²) in [6, 6.07) is 8.66. The highest BCUT2D eigenvalue weighted by Gasteiger charge is 2.10. The van der Waals surface area contributed by atoms with E-state index in [2.05, 4.69) is 20.9 Å². The Balaban J connectivity index is 2.19. The molecule has 94 valence electrons. The van der Waals surface area contributed by atoms with Crippen molar-refractivity contribution in [2.75, 3.05) is 5.73 Å². The highest BCUT2D eigenvalue weighted by atomic mass is 79.9. The third-order valence-electron chi connectivity index (χ3n) is 2.28. The molecule has 1 aromatic carbocycles. The van der Waals surface area contributed by atoms with Gasteiger partial charge in [-0.05, 0) is 46.3 Å². The Morgan fingerprint density at radius 1 is 1.33 bits per heavy atom. The molecule has 1 unspecified atom stereocenters. The molecule has 2 N–H and O–H groups in total. The second-order valence-electron chi connectivity index (χ2n) is 3.64. The Morgan fingerprint density at radius 3 is 2.72 bits per heavy atom. The second-order valence-corrected chi connectivity index (χ2v) is 6.41. The Labute approximate surface area is 121 Å². The normalized spacial score (nSPS) is 12.3. The largest absolute Gasteiger partial charge is 0.398 e. The van der Waals surface area contributed by atoms with Gasteiger partial charge in [-0.15, -0.1) is 0 Å². The summed E-state index contributed by atoms with van der Waals surface area (Å²) in [5, 5.41) is 0.537.